The van der Waals surface area contributed by atoms with Crippen molar-refractivity contribution in [2.75, 3.05) is 12.3 Å². The van der Waals surface area contributed by atoms with Crippen LogP contribution in [0, 0.1) is 0 Å². The van der Waals surface area contributed by atoms with E-state index in [1.165, 1.54) is 0 Å². The molecule has 0 atom stereocenters. The first-order valence-electron chi connectivity index (χ1n) is 7.65. The molecule has 2 aliphatic heterocycles. The maximum Gasteiger partial charge on any atom is 0.220 e. The predicted molar refractivity (Wildman–Crippen MR) is 90.3 cm³/mol. The van der Waals surface area contributed by atoms with Crippen LogP contribution in [0.1, 0.15) is 17.7 Å². The number of nitrogen functional groups attached to an aromatic ring is 1. The molecule has 0 unspecified atom stereocenters. The van der Waals surface area contributed by atoms with Crippen LogP contribution >= 0.6 is 0 Å². The summed E-state index contributed by atoms with van der Waals surface area (Å²) in [6.45, 7) is 1.01. The number of pyridine rings is 1. The lowest BCUT2D eigenvalue weighted by molar-refractivity contribution is -0.0997. The van der Waals surface area contributed by atoms with E-state index in [1.807, 2.05) is 30.5 Å². The zero-order chi connectivity index (χ0) is 16.4. The molecule has 0 aromatic carbocycles. The van der Waals surface area contributed by atoms with Crippen LogP contribution in [0.5, 0.6) is 0 Å². The van der Waals surface area contributed by atoms with E-state index in [-0.39, 0.29) is 5.95 Å². The SMILES string of the molecule is Nc1nccc(C2=C3C(=NC2)CC=CN3OCc2ccncc2)n1. The number of allylic oxidation sites excluding steroid dienone is 2. The molecule has 7 nitrogen and oxygen atoms in total. The highest BCUT2D eigenvalue weighted by Gasteiger charge is 2.28. The summed E-state index contributed by atoms with van der Waals surface area (Å²) >= 11 is 0. The number of hydrogen-bond acceptors (Lipinski definition) is 7. The van der Waals surface area contributed by atoms with Crippen molar-refractivity contribution in [1.29, 1.82) is 0 Å². The molecule has 0 radical (unpaired) electrons. The van der Waals surface area contributed by atoms with Crippen molar-refractivity contribution >= 4 is 17.2 Å². The van der Waals surface area contributed by atoms with Crippen LogP contribution in [0.4, 0.5) is 5.95 Å². The van der Waals surface area contributed by atoms with Gasteiger partial charge in [0, 0.05) is 36.8 Å². The standard InChI is InChI=1S/C17H16N6O/c18-17-20-8-5-14(22-17)13-10-21-15-2-1-9-23(16(13)15)24-11-12-3-6-19-7-4-12/h1,3-9H,2,10-11H2,(H2,18,20,22). The molecule has 2 N–H and O–H groups in total. The molecule has 7 heteroatoms. The minimum absolute atomic E-state index is 0.254. The first-order chi connectivity index (χ1) is 11.8. The topological polar surface area (TPSA) is 89.5 Å². The van der Waals surface area contributed by atoms with E-state index in [0.29, 0.717) is 13.2 Å². The van der Waals surface area contributed by atoms with Crippen molar-refractivity contribution < 1.29 is 4.84 Å². The van der Waals surface area contributed by atoms with E-state index in [9.17, 15) is 0 Å². The van der Waals surface area contributed by atoms with Gasteiger partial charge in [-0.2, -0.15) is 0 Å². The van der Waals surface area contributed by atoms with E-state index in [2.05, 4.69) is 19.9 Å². The molecule has 0 saturated heterocycles. The predicted octanol–water partition coefficient (Wildman–Crippen LogP) is 1.97. The van der Waals surface area contributed by atoms with Gasteiger partial charge in [-0.15, -0.1) is 0 Å². The van der Waals surface area contributed by atoms with Crippen LogP contribution in [0.25, 0.3) is 5.57 Å². The Labute approximate surface area is 139 Å². The van der Waals surface area contributed by atoms with Crippen LogP contribution < -0.4 is 5.73 Å². The molecule has 2 aliphatic rings. The lowest BCUT2D eigenvalue weighted by Gasteiger charge is -2.26. The Morgan fingerprint density at radius 3 is 2.88 bits per heavy atom. The summed E-state index contributed by atoms with van der Waals surface area (Å²) in [7, 11) is 0. The normalized spacial score (nSPS) is 16.3. The number of aromatic nitrogens is 3. The minimum Gasteiger partial charge on any atom is -0.368 e. The zero-order valence-corrected chi connectivity index (χ0v) is 13.0. The fraction of sp³-hybridized carbons (Fsp3) is 0.176. The van der Waals surface area contributed by atoms with E-state index in [1.54, 1.807) is 23.7 Å². The van der Waals surface area contributed by atoms with Crippen molar-refractivity contribution in [1.82, 2.24) is 20.0 Å². The summed E-state index contributed by atoms with van der Waals surface area (Å²) in [5.74, 6) is 0.254. The second-order valence-electron chi connectivity index (χ2n) is 5.43. The maximum atomic E-state index is 5.97. The fourth-order valence-corrected chi connectivity index (χ4v) is 2.73. The number of fused-ring (bicyclic) bond motifs is 1. The number of nitrogens with zero attached hydrogens (tertiary/aromatic N) is 5. The molecule has 4 heterocycles. The van der Waals surface area contributed by atoms with Crippen LogP contribution in [-0.2, 0) is 11.4 Å². The first kappa shape index (κ1) is 14.5. The van der Waals surface area contributed by atoms with Crippen molar-refractivity contribution in [2.45, 2.75) is 13.0 Å². The average molecular weight is 320 g/mol. The summed E-state index contributed by atoms with van der Waals surface area (Å²) in [5, 5.41) is 1.77. The first-order valence-corrected chi connectivity index (χ1v) is 7.65. The molecule has 4 rings (SSSR count). The number of aliphatic imine (C=N–C) groups is 1. The van der Waals surface area contributed by atoms with E-state index in [0.717, 1.165) is 34.7 Å². The van der Waals surface area contributed by atoms with Gasteiger partial charge in [-0.05, 0) is 23.8 Å². The largest absolute Gasteiger partial charge is 0.368 e. The van der Waals surface area contributed by atoms with Crippen molar-refractivity contribution in [3.63, 3.8) is 0 Å². The summed E-state index contributed by atoms with van der Waals surface area (Å²) in [6, 6.07) is 5.70. The Morgan fingerprint density at radius 1 is 1.17 bits per heavy atom. The second kappa shape index (κ2) is 6.21. The Kier molecular flexibility index (Phi) is 3.76. The van der Waals surface area contributed by atoms with E-state index in [4.69, 9.17) is 10.6 Å². The number of anilines is 1. The summed E-state index contributed by atoms with van der Waals surface area (Å²) in [5.41, 5.74) is 10.5. The Bertz CT molecular complexity index is 843. The van der Waals surface area contributed by atoms with Crippen molar-refractivity contribution in [3.05, 3.63) is 66.0 Å². The highest BCUT2D eigenvalue weighted by molar-refractivity contribution is 6.10. The Hall–Kier alpha value is -3.06. The molecule has 2 aromatic heterocycles. The van der Waals surface area contributed by atoms with Crippen LogP contribution in [0.3, 0.4) is 0 Å². The molecule has 24 heavy (non-hydrogen) atoms. The summed E-state index contributed by atoms with van der Waals surface area (Å²) in [6.07, 6.45) is 9.90. The van der Waals surface area contributed by atoms with Crippen LogP contribution in [-0.4, -0.2) is 32.3 Å². The van der Waals surface area contributed by atoms with Crippen molar-refractivity contribution in [2.24, 2.45) is 4.99 Å². The molecule has 2 aromatic rings. The zero-order valence-electron chi connectivity index (χ0n) is 13.0. The molecule has 0 spiro atoms. The number of nitrogens with two attached hydrogens (primary N) is 1. The third-order valence-electron chi connectivity index (χ3n) is 3.86. The number of rotatable bonds is 4. The van der Waals surface area contributed by atoms with Gasteiger partial charge in [0.15, 0.2) is 0 Å². The van der Waals surface area contributed by atoms with E-state index >= 15 is 0 Å². The highest BCUT2D eigenvalue weighted by Crippen LogP contribution is 2.31. The van der Waals surface area contributed by atoms with Crippen LogP contribution in [0.2, 0.25) is 0 Å². The second-order valence-corrected chi connectivity index (χ2v) is 5.43. The third-order valence-corrected chi connectivity index (χ3v) is 3.86. The molecular formula is C17H16N6O. The van der Waals surface area contributed by atoms with Gasteiger partial charge in [-0.25, -0.2) is 15.0 Å². The highest BCUT2D eigenvalue weighted by atomic mass is 16.7. The molecule has 0 amide bonds. The van der Waals surface area contributed by atoms with Gasteiger partial charge in [0.05, 0.1) is 23.6 Å². The number of hydrogen-bond donors (Lipinski definition) is 1. The fourth-order valence-electron chi connectivity index (χ4n) is 2.73. The van der Waals surface area contributed by atoms with Crippen LogP contribution in [0.15, 0.2) is 59.8 Å². The Morgan fingerprint density at radius 2 is 2.04 bits per heavy atom. The number of hydroxylamine groups is 2. The average Bonchev–Trinajstić information content (AvgIpc) is 3.05. The summed E-state index contributed by atoms with van der Waals surface area (Å²) in [4.78, 5) is 22.9. The molecular weight excluding hydrogens is 304 g/mol. The Balaban J connectivity index is 1.63. The van der Waals surface area contributed by atoms with Gasteiger partial charge in [0.1, 0.15) is 6.61 Å². The van der Waals surface area contributed by atoms with Gasteiger partial charge in [-0.3, -0.25) is 14.8 Å². The van der Waals surface area contributed by atoms with Gasteiger partial charge in [-0.1, -0.05) is 6.08 Å². The molecule has 0 aliphatic carbocycles. The molecule has 0 saturated carbocycles. The third kappa shape index (κ3) is 2.77. The monoisotopic (exact) mass is 320 g/mol. The molecule has 120 valence electrons. The van der Waals surface area contributed by atoms with Gasteiger partial charge >= 0.3 is 0 Å². The lowest BCUT2D eigenvalue weighted by atomic mass is 10.1. The summed E-state index contributed by atoms with van der Waals surface area (Å²) < 4.78 is 0. The quantitative estimate of drug-likeness (QED) is 0.926. The lowest BCUT2D eigenvalue weighted by Crippen LogP contribution is -2.25. The van der Waals surface area contributed by atoms with E-state index < -0.39 is 0 Å². The minimum atomic E-state index is 0.254. The van der Waals surface area contributed by atoms with Gasteiger partial charge < -0.3 is 5.73 Å². The van der Waals surface area contributed by atoms with Crippen molar-refractivity contribution in [3.8, 4) is 0 Å². The smallest absolute Gasteiger partial charge is 0.220 e. The molecule has 0 fully saturated rings. The van der Waals surface area contributed by atoms with Gasteiger partial charge in [0.2, 0.25) is 5.95 Å². The molecule has 0 bridgehead atoms. The maximum absolute atomic E-state index is 5.97. The van der Waals surface area contributed by atoms with Gasteiger partial charge in [0.25, 0.3) is 0 Å².